The second-order valence-electron chi connectivity index (χ2n) is 4.40. The number of hydrogen-bond acceptors (Lipinski definition) is 3. The van der Waals surface area contributed by atoms with Crippen LogP contribution in [0.1, 0.15) is 25.8 Å². The molecule has 0 aliphatic carbocycles. The minimum Gasteiger partial charge on any atom is -0.396 e. The molecule has 0 aliphatic heterocycles. The third kappa shape index (κ3) is 3.87. The molecule has 6 heteroatoms. The van der Waals surface area contributed by atoms with Crippen LogP contribution in [0.25, 0.3) is 0 Å². The van der Waals surface area contributed by atoms with Gasteiger partial charge in [-0.05, 0) is 24.5 Å². The van der Waals surface area contributed by atoms with E-state index in [1.54, 1.807) is 0 Å². The van der Waals surface area contributed by atoms with Gasteiger partial charge in [0.2, 0.25) is 0 Å². The summed E-state index contributed by atoms with van der Waals surface area (Å²) in [5.74, 6) is -0.0858. The fourth-order valence-corrected chi connectivity index (χ4v) is 1.64. The molecule has 0 fully saturated rings. The standard InChI is InChI=1S/C12H17F3N2O/c1-8(2)10(5-7-18)17-11-9(12(13,14)15)4-3-6-16-11/h3-4,6,8,10,18H,5,7H2,1-2H3,(H,16,17). The summed E-state index contributed by atoms with van der Waals surface area (Å²) < 4.78 is 38.3. The van der Waals surface area contributed by atoms with Crippen LogP contribution in [0.3, 0.4) is 0 Å². The molecule has 3 nitrogen and oxygen atoms in total. The fourth-order valence-electron chi connectivity index (χ4n) is 1.64. The van der Waals surface area contributed by atoms with Crippen molar-refractivity contribution in [3.63, 3.8) is 0 Å². The summed E-state index contributed by atoms with van der Waals surface area (Å²) >= 11 is 0. The van der Waals surface area contributed by atoms with Gasteiger partial charge in [-0.15, -0.1) is 0 Å². The van der Waals surface area contributed by atoms with Crippen molar-refractivity contribution in [2.45, 2.75) is 32.5 Å². The van der Waals surface area contributed by atoms with Crippen LogP contribution in [0.4, 0.5) is 19.0 Å². The predicted molar refractivity (Wildman–Crippen MR) is 63.2 cm³/mol. The second kappa shape index (κ2) is 6.04. The highest BCUT2D eigenvalue weighted by molar-refractivity contribution is 5.46. The first-order chi connectivity index (χ1) is 8.36. The Balaban J connectivity index is 2.96. The number of rotatable bonds is 5. The summed E-state index contributed by atoms with van der Waals surface area (Å²) in [4.78, 5) is 3.74. The zero-order valence-electron chi connectivity index (χ0n) is 10.3. The number of alkyl halides is 3. The van der Waals surface area contributed by atoms with Gasteiger partial charge in [0, 0.05) is 18.8 Å². The Morgan fingerprint density at radius 2 is 2.06 bits per heavy atom. The topological polar surface area (TPSA) is 45.1 Å². The molecule has 0 aliphatic rings. The molecule has 2 N–H and O–H groups in total. The van der Waals surface area contributed by atoms with Gasteiger partial charge in [0.15, 0.2) is 0 Å². The van der Waals surface area contributed by atoms with Crippen LogP contribution in [-0.4, -0.2) is 22.7 Å². The van der Waals surface area contributed by atoms with Crippen molar-refractivity contribution >= 4 is 5.82 Å². The van der Waals surface area contributed by atoms with Gasteiger partial charge in [-0.25, -0.2) is 4.98 Å². The molecular formula is C12H17F3N2O. The van der Waals surface area contributed by atoms with Crippen LogP contribution in [0.5, 0.6) is 0 Å². The highest BCUT2D eigenvalue weighted by Crippen LogP contribution is 2.34. The van der Waals surface area contributed by atoms with Crippen LogP contribution < -0.4 is 5.32 Å². The van der Waals surface area contributed by atoms with Gasteiger partial charge >= 0.3 is 6.18 Å². The molecule has 1 heterocycles. The first kappa shape index (κ1) is 14.8. The third-order valence-electron chi connectivity index (χ3n) is 2.68. The van der Waals surface area contributed by atoms with Gasteiger partial charge in [0.05, 0.1) is 5.56 Å². The van der Waals surface area contributed by atoms with Crippen molar-refractivity contribution in [1.82, 2.24) is 4.98 Å². The Kier molecular flexibility index (Phi) is 4.95. The molecule has 102 valence electrons. The van der Waals surface area contributed by atoms with Crippen LogP contribution in [-0.2, 0) is 6.18 Å². The molecular weight excluding hydrogens is 245 g/mol. The molecule has 1 unspecified atom stereocenters. The predicted octanol–water partition coefficient (Wildman–Crippen LogP) is 2.92. The number of aliphatic hydroxyl groups excluding tert-OH is 1. The van der Waals surface area contributed by atoms with Gasteiger partial charge in [-0.1, -0.05) is 13.8 Å². The maximum atomic E-state index is 12.8. The normalized spacial score (nSPS) is 13.7. The number of aliphatic hydroxyl groups is 1. The molecule has 1 aromatic rings. The van der Waals surface area contributed by atoms with Gasteiger partial charge < -0.3 is 10.4 Å². The van der Waals surface area contributed by atoms with E-state index in [0.29, 0.717) is 6.42 Å². The van der Waals surface area contributed by atoms with E-state index >= 15 is 0 Å². The minimum atomic E-state index is -4.43. The summed E-state index contributed by atoms with van der Waals surface area (Å²) in [7, 11) is 0. The van der Waals surface area contributed by atoms with E-state index in [1.165, 1.54) is 12.3 Å². The Morgan fingerprint density at radius 1 is 1.39 bits per heavy atom. The SMILES string of the molecule is CC(C)C(CCO)Nc1ncccc1C(F)(F)F. The smallest absolute Gasteiger partial charge is 0.396 e. The molecule has 1 aromatic heterocycles. The number of hydrogen-bond donors (Lipinski definition) is 2. The largest absolute Gasteiger partial charge is 0.419 e. The average Bonchev–Trinajstić information content (AvgIpc) is 2.27. The van der Waals surface area contributed by atoms with E-state index in [0.717, 1.165) is 6.07 Å². The van der Waals surface area contributed by atoms with E-state index in [9.17, 15) is 13.2 Å². The molecule has 0 aromatic carbocycles. The van der Waals surface area contributed by atoms with Crippen molar-refractivity contribution in [3.8, 4) is 0 Å². The lowest BCUT2D eigenvalue weighted by Crippen LogP contribution is -2.28. The molecule has 1 atom stereocenters. The van der Waals surface area contributed by atoms with Crippen LogP contribution >= 0.6 is 0 Å². The number of anilines is 1. The van der Waals surface area contributed by atoms with E-state index in [4.69, 9.17) is 5.11 Å². The second-order valence-corrected chi connectivity index (χ2v) is 4.40. The van der Waals surface area contributed by atoms with Crippen LogP contribution in [0, 0.1) is 5.92 Å². The summed E-state index contributed by atoms with van der Waals surface area (Å²) in [5, 5.41) is 11.7. The lowest BCUT2D eigenvalue weighted by molar-refractivity contribution is -0.137. The summed E-state index contributed by atoms with van der Waals surface area (Å²) in [6, 6.07) is 2.00. The first-order valence-electron chi connectivity index (χ1n) is 5.76. The van der Waals surface area contributed by atoms with Crippen molar-refractivity contribution in [2.75, 3.05) is 11.9 Å². The van der Waals surface area contributed by atoms with Gasteiger partial charge in [0.25, 0.3) is 0 Å². The molecule has 18 heavy (non-hydrogen) atoms. The molecule has 0 bridgehead atoms. The highest BCUT2D eigenvalue weighted by atomic mass is 19.4. The van der Waals surface area contributed by atoms with Gasteiger partial charge in [0.1, 0.15) is 5.82 Å². The highest BCUT2D eigenvalue weighted by Gasteiger charge is 2.34. The number of pyridine rings is 1. The zero-order valence-corrected chi connectivity index (χ0v) is 10.3. The maximum Gasteiger partial charge on any atom is 0.419 e. The van der Waals surface area contributed by atoms with E-state index in [1.807, 2.05) is 13.8 Å². The lowest BCUT2D eigenvalue weighted by atomic mass is 10.0. The Hall–Kier alpha value is -1.30. The lowest BCUT2D eigenvalue weighted by Gasteiger charge is -2.23. The van der Waals surface area contributed by atoms with Crippen LogP contribution in [0.2, 0.25) is 0 Å². The van der Waals surface area contributed by atoms with E-state index < -0.39 is 11.7 Å². The Bertz CT molecular complexity index is 380. The number of aromatic nitrogens is 1. The van der Waals surface area contributed by atoms with Crippen molar-refractivity contribution < 1.29 is 18.3 Å². The summed E-state index contributed by atoms with van der Waals surface area (Å²) in [5.41, 5.74) is -0.784. The van der Waals surface area contributed by atoms with E-state index in [-0.39, 0.29) is 24.4 Å². The quantitative estimate of drug-likeness (QED) is 0.857. The number of halogens is 3. The number of nitrogens with zero attached hydrogens (tertiary/aromatic N) is 1. The Labute approximate surface area is 104 Å². The molecule has 0 saturated heterocycles. The minimum absolute atomic E-state index is 0.0793. The summed E-state index contributed by atoms with van der Waals surface area (Å²) in [6.45, 7) is 3.68. The van der Waals surface area contributed by atoms with Crippen LogP contribution in [0.15, 0.2) is 18.3 Å². The molecule has 1 rings (SSSR count). The van der Waals surface area contributed by atoms with Crippen molar-refractivity contribution in [2.24, 2.45) is 5.92 Å². The third-order valence-corrected chi connectivity index (χ3v) is 2.68. The van der Waals surface area contributed by atoms with E-state index in [2.05, 4.69) is 10.3 Å². The fraction of sp³-hybridized carbons (Fsp3) is 0.583. The molecule has 0 saturated carbocycles. The molecule has 0 spiro atoms. The number of nitrogens with one attached hydrogen (secondary N) is 1. The monoisotopic (exact) mass is 262 g/mol. The molecule has 0 amide bonds. The van der Waals surface area contributed by atoms with Gasteiger partial charge in [-0.3, -0.25) is 0 Å². The first-order valence-corrected chi connectivity index (χ1v) is 5.76. The van der Waals surface area contributed by atoms with Gasteiger partial charge in [-0.2, -0.15) is 13.2 Å². The van der Waals surface area contributed by atoms with Crippen molar-refractivity contribution in [1.29, 1.82) is 0 Å². The zero-order chi connectivity index (χ0) is 13.8. The molecule has 0 radical (unpaired) electrons. The summed E-state index contributed by atoms with van der Waals surface area (Å²) in [6.07, 6.45) is -2.74. The average molecular weight is 262 g/mol. The van der Waals surface area contributed by atoms with Crippen molar-refractivity contribution in [3.05, 3.63) is 23.9 Å². The Morgan fingerprint density at radius 3 is 2.56 bits per heavy atom. The maximum absolute atomic E-state index is 12.8.